The van der Waals surface area contributed by atoms with Gasteiger partial charge >= 0.3 is 0 Å². The van der Waals surface area contributed by atoms with Gasteiger partial charge in [0.15, 0.2) is 0 Å². The summed E-state index contributed by atoms with van der Waals surface area (Å²) in [6.45, 7) is 3.77. The lowest BCUT2D eigenvalue weighted by Gasteiger charge is -2.32. The maximum absolute atomic E-state index is 10.7. The number of nitrogens with two attached hydrogens (primary N) is 1. The number of aliphatic hydroxyl groups is 2. The molecule has 0 aliphatic heterocycles. The molecule has 6 nitrogen and oxygen atoms in total. The topological polar surface area (TPSA) is 88.2 Å². The highest BCUT2D eigenvalue weighted by atomic mass is 32.1. The zero-order valence-corrected chi connectivity index (χ0v) is 19.9. The fraction of sp³-hybridized carbons (Fsp3) is 0.385. The predicted octanol–water partition coefficient (Wildman–Crippen LogP) is 3.32. The molecule has 0 fully saturated rings. The molecule has 3 atom stereocenters. The first-order valence-corrected chi connectivity index (χ1v) is 12.1. The van der Waals surface area contributed by atoms with E-state index in [9.17, 15) is 10.2 Å². The third-order valence-corrected chi connectivity index (χ3v) is 6.43. The Bertz CT molecular complexity index is 871. The third-order valence-electron chi connectivity index (χ3n) is 5.30. The normalized spacial score (nSPS) is 14.1. The van der Waals surface area contributed by atoms with Crippen molar-refractivity contribution in [1.29, 1.82) is 0 Å². The number of hydrogen-bond donors (Lipinski definition) is 3. The minimum absolute atomic E-state index is 0.104. The lowest BCUT2D eigenvalue weighted by molar-refractivity contribution is 0.0168. The number of aliphatic hydroxyl groups excluding tert-OH is 2. The van der Waals surface area contributed by atoms with Crippen molar-refractivity contribution in [1.82, 2.24) is 4.90 Å². The van der Waals surface area contributed by atoms with E-state index >= 15 is 0 Å². The van der Waals surface area contributed by atoms with E-state index in [-0.39, 0.29) is 19.3 Å². The summed E-state index contributed by atoms with van der Waals surface area (Å²) in [7, 11) is 0. The fourth-order valence-electron chi connectivity index (χ4n) is 3.56. The molecule has 0 amide bonds. The molecule has 4 N–H and O–H groups in total. The molecule has 7 heteroatoms. The summed E-state index contributed by atoms with van der Waals surface area (Å²) in [6.07, 6.45) is -0.584. The number of thiophene rings is 1. The average Bonchev–Trinajstić information content (AvgIpc) is 3.30. The Morgan fingerprint density at radius 1 is 0.788 bits per heavy atom. The first-order valence-electron chi connectivity index (χ1n) is 11.3. The van der Waals surface area contributed by atoms with Gasteiger partial charge < -0.3 is 25.4 Å². The number of rotatable bonds is 14. The monoisotopic (exact) mass is 470 g/mol. The Morgan fingerprint density at radius 3 is 1.73 bits per heavy atom. The molecule has 2 aromatic carbocycles. The van der Waals surface area contributed by atoms with Gasteiger partial charge in [0.05, 0.1) is 0 Å². The zero-order chi connectivity index (χ0) is 23.5. The number of nitrogens with zero attached hydrogens (tertiary/aromatic N) is 1. The second kappa shape index (κ2) is 13.3. The van der Waals surface area contributed by atoms with Gasteiger partial charge in [0, 0.05) is 35.4 Å². The van der Waals surface area contributed by atoms with Gasteiger partial charge in [0.25, 0.3) is 0 Å². The minimum atomic E-state index is -0.696. The molecule has 0 radical (unpaired) electrons. The number of hydrogen-bond acceptors (Lipinski definition) is 7. The lowest BCUT2D eigenvalue weighted by atomic mass is 10.1. The first kappa shape index (κ1) is 25.2. The van der Waals surface area contributed by atoms with E-state index in [1.54, 1.807) is 11.3 Å². The van der Waals surface area contributed by atoms with Crippen molar-refractivity contribution in [2.24, 2.45) is 5.73 Å². The molecule has 3 aromatic rings. The van der Waals surface area contributed by atoms with Gasteiger partial charge in [-0.25, -0.2) is 0 Å². The largest absolute Gasteiger partial charge is 0.491 e. The molecule has 0 saturated carbocycles. The number of benzene rings is 2. The highest BCUT2D eigenvalue weighted by Crippen LogP contribution is 2.20. The van der Waals surface area contributed by atoms with Crippen molar-refractivity contribution >= 4 is 11.3 Å². The summed E-state index contributed by atoms with van der Waals surface area (Å²) in [6, 6.07) is 23.2. The summed E-state index contributed by atoms with van der Waals surface area (Å²) < 4.78 is 11.4. The highest BCUT2D eigenvalue weighted by molar-refractivity contribution is 7.11. The molecule has 0 bridgehead atoms. The van der Waals surface area contributed by atoms with Gasteiger partial charge in [-0.2, -0.15) is 0 Å². The van der Waals surface area contributed by atoms with Crippen LogP contribution in [0.4, 0.5) is 0 Å². The van der Waals surface area contributed by atoms with E-state index in [4.69, 9.17) is 15.2 Å². The predicted molar refractivity (Wildman–Crippen MR) is 133 cm³/mol. The molecule has 0 saturated heterocycles. The van der Waals surface area contributed by atoms with Gasteiger partial charge in [0.1, 0.15) is 36.9 Å². The standard InChI is InChI=1S/C26H34N2O4S/c1-20(14-25-12-13-26(15-27)33-25)28(16-21(29)18-31-23-8-4-2-5-9-23)17-22(30)19-32-24-10-6-3-7-11-24/h2-13,20-22,29-30H,14-19,27H2,1H3. The van der Waals surface area contributed by atoms with E-state index in [1.807, 2.05) is 60.7 Å². The second-order valence-electron chi connectivity index (χ2n) is 8.13. The van der Waals surface area contributed by atoms with Crippen LogP contribution in [0, 0.1) is 0 Å². The molecular weight excluding hydrogens is 436 g/mol. The van der Waals surface area contributed by atoms with Crippen molar-refractivity contribution in [2.75, 3.05) is 26.3 Å². The van der Waals surface area contributed by atoms with Crippen molar-refractivity contribution < 1.29 is 19.7 Å². The van der Waals surface area contributed by atoms with Crippen LogP contribution in [0.5, 0.6) is 11.5 Å². The van der Waals surface area contributed by atoms with Crippen molar-refractivity contribution in [3.05, 3.63) is 82.6 Å². The Hall–Kier alpha value is -2.42. The van der Waals surface area contributed by atoms with Gasteiger partial charge in [0.2, 0.25) is 0 Å². The SMILES string of the molecule is CC(Cc1ccc(CN)s1)N(CC(O)COc1ccccc1)CC(O)COc1ccccc1. The quantitative estimate of drug-likeness (QED) is 0.335. The molecule has 0 aliphatic rings. The Kier molecular flexibility index (Phi) is 10.2. The molecular formula is C26H34N2O4S. The lowest BCUT2D eigenvalue weighted by Crippen LogP contribution is -2.46. The van der Waals surface area contributed by atoms with E-state index in [1.165, 1.54) is 4.88 Å². The smallest absolute Gasteiger partial charge is 0.119 e. The van der Waals surface area contributed by atoms with Crippen LogP contribution in [0.1, 0.15) is 16.7 Å². The van der Waals surface area contributed by atoms with Gasteiger partial charge in [-0.3, -0.25) is 4.90 Å². The molecule has 1 heterocycles. The van der Waals surface area contributed by atoms with Crippen LogP contribution < -0.4 is 15.2 Å². The van der Waals surface area contributed by atoms with Crippen LogP contribution in [0.2, 0.25) is 0 Å². The zero-order valence-electron chi connectivity index (χ0n) is 19.0. The third kappa shape index (κ3) is 8.79. The first-order chi connectivity index (χ1) is 16.0. The molecule has 33 heavy (non-hydrogen) atoms. The maximum atomic E-state index is 10.7. The fourth-order valence-corrected chi connectivity index (χ4v) is 4.58. The Balaban J connectivity index is 1.58. The Labute approximate surface area is 200 Å². The van der Waals surface area contributed by atoms with E-state index in [2.05, 4.69) is 24.0 Å². The molecule has 3 rings (SSSR count). The molecule has 0 spiro atoms. The summed E-state index contributed by atoms with van der Waals surface area (Å²) in [5.41, 5.74) is 5.75. The van der Waals surface area contributed by atoms with Crippen LogP contribution >= 0.6 is 11.3 Å². The molecule has 1 aromatic heterocycles. The summed E-state index contributed by atoms with van der Waals surface area (Å²) in [5.74, 6) is 1.45. The maximum Gasteiger partial charge on any atom is 0.119 e. The van der Waals surface area contributed by atoms with Crippen molar-refractivity contribution in [2.45, 2.75) is 38.1 Å². The van der Waals surface area contributed by atoms with Crippen LogP contribution in [-0.2, 0) is 13.0 Å². The summed E-state index contributed by atoms with van der Waals surface area (Å²) in [5, 5.41) is 21.3. The van der Waals surface area contributed by atoms with Crippen LogP contribution in [0.15, 0.2) is 72.8 Å². The van der Waals surface area contributed by atoms with Crippen LogP contribution in [0.3, 0.4) is 0 Å². The van der Waals surface area contributed by atoms with Crippen molar-refractivity contribution in [3.63, 3.8) is 0 Å². The van der Waals surface area contributed by atoms with E-state index in [0.29, 0.717) is 19.6 Å². The van der Waals surface area contributed by atoms with Crippen LogP contribution in [-0.4, -0.2) is 59.7 Å². The summed E-state index contributed by atoms with van der Waals surface area (Å²) in [4.78, 5) is 4.48. The van der Waals surface area contributed by atoms with Crippen LogP contribution in [0.25, 0.3) is 0 Å². The van der Waals surface area contributed by atoms with Gasteiger partial charge in [-0.1, -0.05) is 36.4 Å². The Morgan fingerprint density at radius 2 is 1.27 bits per heavy atom. The number of para-hydroxylation sites is 2. The van der Waals surface area contributed by atoms with Gasteiger partial charge in [-0.05, 0) is 49.7 Å². The number of ether oxygens (including phenoxy) is 2. The average molecular weight is 471 g/mol. The highest BCUT2D eigenvalue weighted by Gasteiger charge is 2.22. The molecule has 0 aliphatic carbocycles. The van der Waals surface area contributed by atoms with E-state index in [0.717, 1.165) is 22.8 Å². The van der Waals surface area contributed by atoms with Crippen molar-refractivity contribution in [3.8, 4) is 11.5 Å². The molecule has 178 valence electrons. The summed E-state index contributed by atoms with van der Waals surface area (Å²) >= 11 is 1.71. The van der Waals surface area contributed by atoms with Gasteiger partial charge in [-0.15, -0.1) is 11.3 Å². The van der Waals surface area contributed by atoms with E-state index < -0.39 is 12.2 Å². The minimum Gasteiger partial charge on any atom is -0.491 e. The second-order valence-corrected chi connectivity index (χ2v) is 9.39. The molecule has 3 unspecified atom stereocenters.